The van der Waals surface area contributed by atoms with Gasteiger partial charge in [-0.05, 0) is 25.1 Å². The van der Waals surface area contributed by atoms with Crippen molar-refractivity contribution in [3.63, 3.8) is 0 Å². The van der Waals surface area contributed by atoms with E-state index in [0.29, 0.717) is 25.1 Å². The van der Waals surface area contributed by atoms with Crippen molar-refractivity contribution in [3.05, 3.63) is 24.0 Å². The van der Waals surface area contributed by atoms with Gasteiger partial charge in [-0.25, -0.2) is 4.39 Å². The summed E-state index contributed by atoms with van der Waals surface area (Å²) in [5.41, 5.74) is 5.69. The average Bonchev–Trinajstić information content (AvgIpc) is 2.26. The Bertz CT molecular complexity index is 369. The van der Waals surface area contributed by atoms with Gasteiger partial charge in [0.1, 0.15) is 0 Å². The van der Waals surface area contributed by atoms with E-state index in [0.717, 1.165) is 0 Å². The van der Waals surface area contributed by atoms with Crippen molar-refractivity contribution in [1.29, 1.82) is 0 Å². The molecule has 0 fully saturated rings. The molecule has 0 saturated heterocycles. The number of halogens is 1. The van der Waals surface area contributed by atoms with Gasteiger partial charge in [0.2, 0.25) is 5.91 Å². The smallest absolute Gasteiger partial charge is 0.224 e. The van der Waals surface area contributed by atoms with Crippen LogP contribution in [0, 0.1) is 5.82 Å². The van der Waals surface area contributed by atoms with Gasteiger partial charge >= 0.3 is 0 Å². The molecule has 0 spiro atoms. The number of rotatable bonds is 5. The number of hydrogen-bond acceptors (Lipinski definition) is 3. The number of benzene rings is 1. The second-order valence-electron chi connectivity index (χ2n) is 3.29. The molecule has 0 aliphatic rings. The Morgan fingerprint density at radius 3 is 2.88 bits per heavy atom. The minimum Gasteiger partial charge on any atom is -0.494 e. The topological polar surface area (TPSA) is 64.3 Å². The lowest BCUT2D eigenvalue weighted by Gasteiger charge is -2.06. The highest BCUT2D eigenvalue weighted by atomic mass is 19.1. The van der Waals surface area contributed by atoms with Crippen LogP contribution in [-0.4, -0.2) is 19.6 Å². The summed E-state index contributed by atoms with van der Waals surface area (Å²) >= 11 is 0. The van der Waals surface area contributed by atoms with Gasteiger partial charge in [-0.2, -0.15) is 0 Å². The van der Waals surface area contributed by atoms with Crippen LogP contribution in [0.3, 0.4) is 0 Å². The van der Waals surface area contributed by atoms with Crippen molar-refractivity contribution < 1.29 is 13.9 Å². The van der Waals surface area contributed by atoms with Crippen LogP contribution in [0.2, 0.25) is 0 Å². The monoisotopic (exact) mass is 226 g/mol. The molecule has 88 valence electrons. The molecule has 5 heteroatoms. The number of methoxy groups -OCH3 is 1. The Morgan fingerprint density at radius 2 is 2.31 bits per heavy atom. The van der Waals surface area contributed by atoms with Crippen LogP contribution < -0.4 is 15.8 Å². The molecule has 16 heavy (non-hydrogen) atoms. The predicted octanol–water partition coefficient (Wildman–Crippen LogP) is 1.51. The van der Waals surface area contributed by atoms with Gasteiger partial charge in [0.15, 0.2) is 11.6 Å². The average molecular weight is 226 g/mol. The zero-order valence-corrected chi connectivity index (χ0v) is 9.13. The van der Waals surface area contributed by atoms with E-state index in [-0.39, 0.29) is 11.7 Å². The number of nitrogens with two attached hydrogens (primary N) is 1. The van der Waals surface area contributed by atoms with E-state index >= 15 is 0 Å². The van der Waals surface area contributed by atoms with E-state index in [2.05, 4.69) is 5.32 Å². The SMILES string of the molecule is COc1ccc(NC(=O)CCCN)cc1F. The van der Waals surface area contributed by atoms with Crippen molar-refractivity contribution in [1.82, 2.24) is 0 Å². The molecular formula is C11H15FN2O2. The summed E-state index contributed by atoms with van der Waals surface area (Å²) in [6.45, 7) is 0.463. The molecule has 0 aliphatic heterocycles. The molecule has 0 unspecified atom stereocenters. The molecule has 0 saturated carbocycles. The fourth-order valence-corrected chi connectivity index (χ4v) is 1.23. The first-order valence-corrected chi connectivity index (χ1v) is 5.01. The van der Waals surface area contributed by atoms with Crippen molar-refractivity contribution in [2.75, 3.05) is 19.0 Å². The number of ether oxygens (including phenoxy) is 1. The Morgan fingerprint density at radius 1 is 1.56 bits per heavy atom. The summed E-state index contributed by atoms with van der Waals surface area (Å²) in [6, 6.07) is 4.27. The minimum atomic E-state index is -0.501. The second-order valence-corrected chi connectivity index (χ2v) is 3.29. The summed E-state index contributed by atoms with van der Waals surface area (Å²) in [6.07, 6.45) is 0.953. The first kappa shape index (κ1) is 12.4. The molecule has 1 amide bonds. The fraction of sp³-hybridized carbons (Fsp3) is 0.364. The van der Waals surface area contributed by atoms with Crippen LogP contribution in [-0.2, 0) is 4.79 Å². The first-order chi connectivity index (χ1) is 7.67. The highest BCUT2D eigenvalue weighted by molar-refractivity contribution is 5.90. The number of carbonyl (C=O) groups is 1. The van der Waals surface area contributed by atoms with Crippen LogP contribution in [0.25, 0.3) is 0 Å². The van der Waals surface area contributed by atoms with Crippen molar-refractivity contribution in [3.8, 4) is 5.75 Å². The molecule has 4 nitrogen and oxygen atoms in total. The Balaban J connectivity index is 2.61. The lowest BCUT2D eigenvalue weighted by molar-refractivity contribution is -0.116. The molecular weight excluding hydrogens is 211 g/mol. The zero-order chi connectivity index (χ0) is 12.0. The summed E-state index contributed by atoms with van der Waals surface area (Å²) in [5, 5.41) is 2.58. The molecule has 3 N–H and O–H groups in total. The Hall–Kier alpha value is -1.62. The summed E-state index contributed by atoms with van der Waals surface area (Å²) in [7, 11) is 1.39. The standard InChI is InChI=1S/C11H15FN2O2/c1-16-10-5-4-8(7-9(10)12)14-11(15)3-2-6-13/h4-5,7H,2-3,6,13H2,1H3,(H,14,15). The maximum Gasteiger partial charge on any atom is 0.224 e. The Labute approximate surface area is 93.6 Å². The maximum absolute atomic E-state index is 13.3. The van der Waals surface area contributed by atoms with Crippen LogP contribution in [0.5, 0.6) is 5.75 Å². The van der Waals surface area contributed by atoms with E-state index in [1.54, 1.807) is 6.07 Å². The molecule has 0 heterocycles. The third kappa shape index (κ3) is 3.51. The summed E-state index contributed by atoms with van der Waals surface area (Å²) in [4.78, 5) is 11.3. The lowest BCUT2D eigenvalue weighted by Crippen LogP contribution is -2.13. The minimum absolute atomic E-state index is 0.153. The van der Waals surface area contributed by atoms with E-state index in [1.165, 1.54) is 19.2 Å². The van der Waals surface area contributed by atoms with Gasteiger partial charge in [-0.3, -0.25) is 4.79 Å². The highest BCUT2D eigenvalue weighted by Crippen LogP contribution is 2.20. The van der Waals surface area contributed by atoms with Crippen LogP contribution in [0.1, 0.15) is 12.8 Å². The van der Waals surface area contributed by atoms with Crippen molar-refractivity contribution >= 4 is 11.6 Å². The summed E-state index contributed by atoms with van der Waals surface area (Å²) < 4.78 is 18.0. The maximum atomic E-state index is 13.3. The van der Waals surface area contributed by atoms with Gasteiger partial charge in [0.25, 0.3) is 0 Å². The summed E-state index contributed by atoms with van der Waals surface area (Å²) in [5.74, 6) is -0.519. The molecule has 0 aromatic heterocycles. The molecule has 0 atom stereocenters. The second kappa shape index (κ2) is 6.07. The number of amides is 1. The van der Waals surface area contributed by atoms with E-state index in [4.69, 9.17) is 10.5 Å². The quantitative estimate of drug-likeness (QED) is 0.799. The molecule has 1 rings (SSSR count). The molecule has 0 radical (unpaired) electrons. The van der Waals surface area contributed by atoms with Crippen molar-refractivity contribution in [2.45, 2.75) is 12.8 Å². The van der Waals surface area contributed by atoms with Gasteiger partial charge in [-0.1, -0.05) is 0 Å². The van der Waals surface area contributed by atoms with Gasteiger partial charge in [0.05, 0.1) is 7.11 Å². The lowest BCUT2D eigenvalue weighted by atomic mass is 10.2. The van der Waals surface area contributed by atoms with E-state index in [1.807, 2.05) is 0 Å². The first-order valence-electron chi connectivity index (χ1n) is 5.01. The van der Waals surface area contributed by atoms with Gasteiger partial charge in [-0.15, -0.1) is 0 Å². The largest absolute Gasteiger partial charge is 0.494 e. The van der Waals surface area contributed by atoms with E-state index < -0.39 is 5.82 Å². The number of nitrogens with one attached hydrogen (secondary N) is 1. The third-order valence-corrected chi connectivity index (χ3v) is 2.04. The highest BCUT2D eigenvalue weighted by Gasteiger charge is 2.06. The molecule has 1 aromatic carbocycles. The number of carbonyl (C=O) groups excluding carboxylic acids is 1. The van der Waals surface area contributed by atoms with Crippen LogP contribution >= 0.6 is 0 Å². The third-order valence-electron chi connectivity index (χ3n) is 2.04. The molecule has 0 bridgehead atoms. The number of hydrogen-bond donors (Lipinski definition) is 2. The predicted molar refractivity (Wildman–Crippen MR) is 59.9 cm³/mol. The van der Waals surface area contributed by atoms with Crippen molar-refractivity contribution in [2.24, 2.45) is 5.73 Å². The van der Waals surface area contributed by atoms with E-state index in [9.17, 15) is 9.18 Å². The fourth-order valence-electron chi connectivity index (χ4n) is 1.23. The molecule has 0 aliphatic carbocycles. The van der Waals surface area contributed by atoms with Gasteiger partial charge < -0.3 is 15.8 Å². The molecule has 1 aromatic rings. The zero-order valence-electron chi connectivity index (χ0n) is 9.13. The number of anilines is 1. The van der Waals surface area contributed by atoms with Crippen LogP contribution in [0.4, 0.5) is 10.1 Å². The Kier molecular flexibility index (Phi) is 4.72. The van der Waals surface area contributed by atoms with Gasteiger partial charge in [0, 0.05) is 18.2 Å². The normalized spacial score (nSPS) is 9.94. The van der Waals surface area contributed by atoms with Crippen LogP contribution in [0.15, 0.2) is 18.2 Å².